The number of aliphatic imine (C=N–C) groups is 1. The number of carbonyl (C=O) groups is 2. The minimum Gasteiger partial charge on any atom is -0.481 e. The topological polar surface area (TPSA) is 177 Å². The van der Waals surface area contributed by atoms with Crippen LogP contribution in [0, 0.1) is 0 Å². The van der Waals surface area contributed by atoms with Crippen molar-refractivity contribution in [1.82, 2.24) is 4.72 Å². The molecule has 7 N–H and O–H groups in total. The zero-order chi connectivity index (χ0) is 22.3. The maximum Gasteiger partial charge on any atom is 0.305 e. The lowest BCUT2D eigenvalue weighted by molar-refractivity contribution is -0.137. The SMILES string of the molecule is C=CC(CC(=O)O)NS(=O)(=O)c1cccc(NC(=O)c2cccc(N=C(N)N)c2)c1. The number of benzene rings is 2. The quantitative estimate of drug-likeness (QED) is 0.224. The Hall–Kier alpha value is -3.70. The Morgan fingerprint density at radius 1 is 1.17 bits per heavy atom. The van der Waals surface area contributed by atoms with Crippen LogP contribution in [0.3, 0.4) is 0 Å². The van der Waals surface area contributed by atoms with E-state index in [1.165, 1.54) is 36.4 Å². The molecule has 0 fully saturated rings. The number of hydrogen-bond donors (Lipinski definition) is 5. The minimum atomic E-state index is -4.04. The van der Waals surface area contributed by atoms with Gasteiger partial charge in [-0.1, -0.05) is 18.2 Å². The number of anilines is 1. The van der Waals surface area contributed by atoms with Gasteiger partial charge in [-0.2, -0.15) is 0 Å². The van der Waals surface area contributed by atoms with Crippen molar-refractivity contribution < 1.29 is 23.1 Å². The highest BCUT2D eigenvalue weighted by atomic mass is 32.2. The first-order chi connectivity index (χ1) is 14.1. The van der Waals surface area contributed by atoms with E-state index < -0.39 is 34.4 Å². The molecule has 2 aromatic rings. The smallest absolute Gasteiger partial charge is 0.305 e. The van der Waals surface area contributed by atoms with Crippen LogP contribution in [-0.4, -0.2) is 37.4 Å². The Morgan fingerprint density at radius 3 is 2.50 bits per heavy atom. The Balaban J connectivity index is 2.21. The van der Waals surface area contributed by atoms with Gasteiger partial charge in [0, 0.05) is 11.3 Å². The van der Waals surface area contributed by atoms with Gasteiger partial charge in [0.15, 0.2) is 5.96 Å². The van der Waals surface area contributed by atoms with Crippen molar-refractivity contribution in [3.8, 4) is 0 Å². The van der Waals surface area contributed by atoms with Crippen molar-refractivity contribution in [2.24, 2.45) is 16.5 Å². The molecule has 0 spiro atoms. The lowest BCUT2D eigenvalue weighted by Crippen LogP contribution is -2.35. The van der Waals surface area contributed by atoms with Gasteiger partial charge in [-0.15, -0.1) is 6.58 Å². The number of hydrogen-bond acceptors (Lipinski definition) is 5. The number of nitrogens with zero attached hydrogens (tertiary/aromatic N) is 1. The van der Waals surface area contributed by atoms with E-state index in [9.17, 15) is 18.0 Å². The monoisotopic (exact) mass is 431 g/mol. The molecular weight excluding hydrogens is 410 g/mol. The van der Waals surface area contributed by atoms with Gasteiger partial charge in [0.05, 0.1) is 23.0 Å². The number of carbonyl (C=O) groups excluding carboxylic acids is 1. The third-order valence-corrected chi connectivity index (χ3v) is 5.24. The summed E-state index contributed by atoms with van der Waals surface area (Å²) >= 11 is 0. The van der Waals surface area contributed by atoms with Crippen molar-refractivity contribution in [2.75, 3.05) is 5.32 Å². The molecule has 10 nitrogen and oxygen atoms in total. The van der Waals surface area contributed by atoms with Crippen LogP contribution in [0.5, 0.6) is 0 Å². The largest absolute Gasteiger partial charge is 0.481 e. The third-order valence-electron chi connectivity index (χ3n) is 3.75. The molecule has 0 aromatic heterocycles. The Morgan fingerprint density at radius 2 is 1.87 bits per heavy atom. The normalized spacial score (nSPS) is 11.9. The molecule has 0 aliphatic rings. The summed E-state index contributed by atoms with van der Waals surface area (Å²) in [6.45, 7) is 3.44. The van der Waals surface area contributed by atoms with Crippen LogP contribution in [0.4, 0.5) is 11.4 Å². The Kier molecular flexibility index (Phi) is 7.28. The molecule has 0 heterocycles. The molecule has 0 aliphatic carbocycles. The highest BCUT2D eigenvalue weighted by Crippen LogP contribution is 2.19. The van der Waals surface area contributed by atoms with E-state index in [0.717, 1.165) is 0 Å². The van der Waals surface area contributed by atoms with Gasteiger partial charge in [0.25, 0.3) is 5.91 Å². The van der Waals surface area contributed by atoms with Gasteiger partial charge in [-0.3, -0.25) is 9.59 Å². The molecule has 158 valence electrons. The molecule has 11 heteroatoms. The predicted octanol–water partition coefficient (Wildman–Crippen LogP) is 1.15. The van der Waals surface area contributed by atoms with Gasteiger partial charge in [-0.25, -0.2) is 18.1 Å². The van der Waals surface area contributed by atoms with E-state index in [1.807, 2.05) is 0 Å². The summed E-state index contributed by atoms with van der Waals surface area (Å²) in [4.78, 5) is 27.0. The number of nitrogens with one attached hydrogen (secondary N) is 2. The maximum absolute atomic E-state index is 12.5. The Bertz CT molecular complexity index is 1090. The zero-order valence-electron chi connectivity index (χ0n) is 15.8. The van der Waals surface area contributed by atoms with E-state index in [-0.39, 0.29) is 22.1 Å². The molecule has 1 atom stereocenters. The van der Waals surface area contributed by atoms with E-state index in [4.69, 9.17) is 16.6 Å². The van der Waals surface area contributed by atoms with Gasteiger partial charge in [0.1, 0.15) is 0 Å². The van der Waals surface area contributed by atoms with Crippen LogP contribution in [-0.2, 0) is 14.8 Å². The summed E-state index contributed by atoms with van der Waals surface area (Å²) < 4.78 is 27.3. The molecule has 2 rings (SSSR count). The van der Waals surface area contributed by atoms with E-state index in [0.29, 0.717) is 5.69 Å². The van der Waals surface area contributed by atoms with Crippen LogP contribution in [0.15, 0.2) is 71.1 Å². The average Bonchev–Trinajstić information content (AvgIpc) is 2.66. The van der Waals surface area contributed by atoms with Gasteiger partial charge in [-0.05, 0) is 36.4 Å². The lowest BCUT2D eigenvalue weighted by Gasteiger charge is -2.14. The lowest BCUT2D eigenvalue weighted by atomic mass is 10.2. The standard InChI is InChI=1S/C19H21N5O5S/c1-2-13(11-17(25)26)24-30(28,29)16-8-4-7-15(10-16)22-18(27)12-5-3-6-14(9-12)23-19(20)21/h2-10,13,24H,1,11H2,(H,22,27)(H,25,26)(H4,20,21,23). The second-order valence-corrected chi connectivity index (χ2v) is 7.84. The number of carboxylic acid groups (broad SMARTS) is 1. The van der Waals surface area contributed by atoms with Crippen molar-refractivity contribution in [3.63, 3.8) is 0 Å². The predicted molar refractivity (Wildman–Crippen MR) is 113 cm³/mol. The zero-order valence-corrected chi connectivity index (χ0v) is 16.6. The molecule has 0 bridgehead atoms. The van der Waals surface area contributed by atoms with E-state index >= 15 is 0 Å². The molecule has 1 unspecified atom stereocenters. The van der Waals surface area contributed by atoms with Crippen LogP contribution >= 0.6 is 0 Å². The summed E-state index contributed by atoms with van der Waals surface area (Å²) in [5.74, 6) is -1.83. The number of carboxylic acids is 1. The maximum atomic E-state index is 12.5. The summed E-state index contributed by atoms with van der Waals surface area (Å²) in [6.07, 6.45) is 0.742. The summed E-state index contributed by atoms with van der Waals surface area (Å²) in [5.41, 5.74) is 11.5. The number of rotatable bonds is 9. The molecule has 30 heavy (non-hydrogen) atoms. The molecular formula is C19H21N5O5S. The first-order valence-electron chi connectivity index (χ1n) is 8.58. The highest BCUT2D eigenvalue weighted by Gasteiger charge is 2.20. The van der Waals surface area contributed by atoms with Crippen molar-refractivity contribution >= 4 is 39.2 Å². The summed E-state index contributed by atoms with van der Waals surface area (Å²) in [5, 5.41) is 11.4. The number of sulfonamides is 1. The summed E-state index contributed by atoms with van der Waals surface area (Å²) in [6, 6.07) is 10.8. The van der Waals surface area contributed by atoms with E-state index in [1.54, 1.807) is 18.2 Å². The summed E-state index contributed by atoms with van der Waals surface area (Å²) in [7, 11) is -4.04. The highest BCUT2D eigenvalue weighted by molar-refractivity contribution is 7.89. The fraction of sp³-hybridized carbons (Fsp3) is 0.105. The molecule has 2 aromatic carbocycles. The number of aliphatic carboxylic acids is 1. The van der Waals surface area contributed by atoms with Crippen LogP contribution in [0.25, 0.3) is 0 Å². The van der Waals surface area contributed by atoms with Crippen LogP contribution in [0.1, 0.15) is 16.8 Å². The molecule has 0 saturated carbocycles. The second-order valence-electron chi connectivity index (χ2n) is 6.13. The molecule has 0 aliphatic heterocycles. The second kappa shape index (κ2) is 9.67. The number of nitrogens with two attached hydrogens (primary N) is 2. The fourth-order valence-electron chi connectivity index (χ4n) is 2.44. The number of amides is 1. The van der Waals surface area contributed by atoms with Gasteiger partial charge < -0.3 is 21.9 Å². The van der Waals surface area contributed by atoms with Crippen molar-refractivity contribution in [3.05, 3.63) is 66.7 Å². The number of guanidine groups is 1. The third kappa shape index (κ3) is 6.43. The van der Waals surface area contributed by atoms with Crippen LogP contribution < -0.4 is 21.5 Å². The molecule has 0 radical (unpaired) electrons. The van der Waals surface area contributed by atoms with Crippen LogP contribution in [0.2, 0.25) is 0 Å². The first kappa shape index (κ1) is 22.6. The van der Waals surface area contributed by atoms with Crippen molar-refractivity contribution in [1.29, 1.82) is 0 Å². The van der Waals surface area contributed by atoms with Gasteiger partial charge in [0.2, 0.25) is 10.0 Å². The van der Waals surface area contributed by atoms with E-state index in [2.05, 4.69) is 21.6 Å². The fourth-order valence-corrected chi connectivity index (χ4v) is 3.69. The average molecular weight is 431 g/mol. The molecule has 0 saturated heterocycles. The van der Waals surface area contributed by atoms with Gasteiger partial charge >= 0.3 is 5.97 Å². The minimum absolute atomic E-state index is 0.146. The first-order valence-corrected chi connectivity index (χ1v) is 10.1. The Labute approximate surface area is 173 Å². The van der Waals surface area contributed by atoms with Crippen molar-refractivity contribution in [2.45, 2.75) is 17.4 Å². The molecule has 1 amide bonds.